The highest BCUT2D eigenvalue weighted by molar-refractivity contribution is 5.99. The lowest BCUT2D eigenvalue weighted by atomic mass is 10.1. The van der Waals surface area contributed by atoms with Crippen molar-refractivity contribution in [3.8, 4) is 0 Å². The Hall–Kier alpha value is -4.58. The maximum absolute atomic E-state index is 13.0. The van der Waals surface area contributed by atoms with Gasteiger partial charge >= 0.3 is 12.2 Å². The maximum atomic E-state index is 13.0. The number of hydrogen-bond acceptors (Lipinski definition) is 5. The van der Waals surface area contributed by atoms with Crippen LogP contribution in [0.25, 0.3) is 0 Å². The number of halogens is 3. The highest BCUT2D eigenvalue weighted by Crippen LogP contribution is 2.30. The van der Waals surface area contributed by atoms with Crippen LogP contribution in [0.5, 0.6) is 0 Å². The number of ether oxygens (including phenoxy) is 1. The molecule has 0 spiro atoms. The normalized spacial score (nSPS) is 13.4. The average molecular weight is 598 g/mol. The Labute approximate surface area is 248 Å². The van der Waals surface area contributed by atoms with Gasteiger partial charge < -0.3 is 30.1 Å². The van der Waals surface area contributed by atoms with E-state index in [1.54, 1.807) is 29.2 Å². The number of piperazine rings is 1. The molecule has 228 valence electrons. The number of nitrogens with one attached hydrogen (secondary N) is 2. The predicted molar refractivity (Wildman–Crippen MR) is 158 cm³/mol. The average Bonchev–Trinajstić information content (AvgIpc) is 2.99. The Morgan fingerprint density at radius 1 is 0.884 bits per heavy atom. The number of carbonyl (C=O) groups excluding carboxylic acids is 3. The van der Waals surface area contributed by atoms with Crippen LogP contribution in [0.3, 0.4) is 0 Å². The number of nitrogens with zero attached hydrogens (tertiary/aromatic N) is 3. The molecule has 0 aliphatic carbocycles. The van der Waals surface area contributed by atoms with E-state index in [0.29, 0.717) is 44.0 Å². The summed E-state index contributed by atoms with van der Waals surface area (Å²) in [6, 6.07) is 18.5. The SMILES string of the molecule is COCCN(CC(=O)Nc1ccc(N2CCN(C(=O)Nc3cccc(C(F)(F)F)c3)CC2)cc1)C(=O)c1ccc(C)cc1. The molecule has 1 heterocycles. The third kappa shape index (κ3) is 8.71. The van der Waals surface area contributed by atoms with E-state index in [9.17, 15) is 27.6 Å². The standard InChI is InChI=1S/C31H34F3N5O4/c1-22-6-8-23(9-7-22)29(41)39(18-19-43-2)21-28(40)35-25-10-12-27(13-11-25)37-14-16-38(17-15-37)30(42)36-26-5-3-4-24(20-26)31(32,33)34/h3-13,20H,14-19,21H2,1-2H3,(H,35,40)(H,36,42). The van der Waals surface area contributed by atoms with E-state index in [-0.39, 0.29) is 30.6 Å². The van der Waals surface area contributed by atoms with Crippen LogP contribution in [0.15, 0.2) is 72.8 Å². The van der Waals surface area contributed by atoms with E-state index in [1.807, 2.05) is 31.2 Å². The summed E-state index contributed by atoms with van der Waals surface area (Å²) in [6.07, 6.45) is -4.49. The van der Waals surface area contributed by atoms with Gasteiger partial charge in [-0.3, -0.25) is 9.59 Å². The van der Waals surface area contributed by atoms with Gasteiger partial charge in [-0.1, -0.05) is 23.8 Å². The Kier molecular flexibility index (Phi) is 10.3. The molecule has 9 nitrogen and oxygen atoms in total. The van der Waals surface area contributed by atoms with E-state index in [0.717, 1.165) is 23.4 Å². The predicted octanol–water partition coefficient (Wildman–Crippen LogP) is 5.10. The van der Waals surface area contributed by atoms with Crippen molar-refractivity contribution in [1.29, 1.82) is 0 Å². The molecule has 1 fully saturated rings. The minimum absolute atomic E-state index is 0.0845. The lowest BCUT2D eigenvalue weighted by molar-refractivity contribution is -0.137. The molecule has 0 radical (unpaired) electrons. The molecule has 0 aromatic heterocycles. The molecule has 1 saturated heterocycles. The molecule has 12 heteroatoms. The Balaban J connectivity index is 1.28. The minimum Gasteiger partial charge on any atom is -0.383 e. The highest BCUT2D eigenvalue weighted by atomic mass is 19.4. The van der Waals surface area contributed by atoms with E-state index >= 15 is 0 Å². The zero-order valence-corrected chi connectivity index (χ0v) is 24.0. The highest BCUT2D eigenvalue weighted by Gasteiger charge is 2.31. The molecule has 0 saturated carbocycles. The van der Waals surface area contributed by atoms with Crippen LogP contribution in [-0.2, 0) is 15.7 Å². The van der Waals surface area contributed by atoms with Gasteiger partial charge in [0.25, 0.3) is 5.91 Å². The van der Waals surface area contributed by atoms with Gasteiger partial charge in [-0.15, -0.1) is 0 Å². The number of carbonyl (C=O) groups is 3. The first kappa shape index (κ1) is 31.4. The summed E-state index contributed by atoms with van der Waals surface area (Å²) in [5.74, 6) is -0.602. The van der Waals surface area contributed by atoms with E-state index in [4.69, 9.17) is 4.74 Å². The molecule has 0 atom stereocenters. The van der Waals surface area contributed by atoms with Gasteiger partial charge in [0.1, 0.15) is 6.54 Å². The molecule has 4 amide bonds. The lowest BCUT2D eigenvalue weighted by Crippen LogP contribution is -2.50. The van der Waals surface area contributed by atoms with E-state index < -0.39 is 17.8 Å². The number of anilines is 3. The van der Waals surface area contributed by atoms with Crippen molar-refractivity contribution in [3.05, 3.63) is 89.5 Å². The van der Waals surface area contributed by atoms with Crippen molar-refractivity contribution in [1.82, 2.24) is 9.80 Å². The monoisotopic (exact) mass is 597 g/mol. The summed E-state index contributed by atoms with van der Waals surface area (Å²) in [5.41, 5.74) is 2.25. The van der Waals surface area contributed by atoms with Crippen molar-refractivity contribution in [3.63, 3.8) is 0 Å². The van der Waals surface area contributed by atoms with E-state index in [2.05, 4.69) is 15.5 Å². The maximum Gasteiger partial charge on any atom is 0.416 e. The topological polar surface area (TPSA) is 94.2 Å². The number of alkyl halides is 3. The first-order chi connectivity index (χ1) is 20.5. The second-order valence-corrected chi connectivity index (χ2v) is 10.2. The number of urea groups is 1. The molecule has 0 unspecified atom stereocenters. The molecular formula is C31H34F3N5O4. The smallest absolute Gasteiger partial charge is 0.383 e. The van der Waals surface area contributed by atoms with Crippen LogP contribution in [-0.4, -0.2) is 80.6 Å². The molecule has 1 aliphatic heterocycles. The first-order valence-electron chi connectivity index (χ1n) is 13.8. The molecule has 0 bridgehead atoms. The number of benzene rings is 3. The number of aryl methyl sites for hydroxylation is 1. The number of rotatable bonds is 9. The Morgan fingerprint density at radius 2 is 1.56 bits per heavy atom. The molecule has 3 aromatic rings. The number of methoxy groups -OCH3 is 1. The fourth-order valence-corrected chi connectivity index (χ4v) is 4.61. The van der Waals surface area contributed by atoms with Crippen LogP contribution in [0, 0.1) is 6.92 Å². The van der Waals surface area contributed by atoms with Gasteiger partial charge in [-0.05, 0) is 61.5 Å². The van der Waals surface area contributed by atoms with Gasteiger partial charge in [0.15, 0.2) is 0 Å². The molecular weight excluding hydrogens is 563 g/mol. The lowest BCUT2D eigenvalue weighted by Gasteiger charge is -2.36. The van der Waals surface area contributed by atoms with Crippen LogP contribution in [0.2, 0.25) is 0 Å². The van der Waals surface area contributed by atoms with Crippen molar-refractivity contribution < 1.29 is 32.3 Å². The van der Waals surface area contributed by atoms with Crippen molar-refractivity contribution in [2.24, 2.45) is 0 Å². The molecule has 4 rings (SSSR count). The quantitative estimate of drug-likeness (QED) is 0.358. The van der Waals surface area contributed by atoms with Gasteiger partial charge in [0.2, 0.25) is 5.91 Å². The molecule has 43 heavy (non-hydrogen) atoms. The second kappa shape index (κ2) is 14.1. The van der Waals surface area contributed by atoms with Crippen LogP contribution >= 0.6 is 0 Å². The summed E-state index contributed by atoms with van der Waals surface area (Å²) < 4.78 is 44.0. The third-order valence-electron chi connectivity index (χ3n) is 7.01. The Bertz CT molecular complexity index is 1410. The molecule has 2 N–H and O–H groups in total. The van der Waals surface area contributed by atoms with E-state index in [1.165, 1.54) is 24.1 Å². The summed E-state index contributed by atoms with van der Waals surface area (Å²) in [5, 5.41) is 5.37. The van der Waals surface area contributed by atoms with Crippen molar-refractivity contribution in [2.45, 2.75) is 13.1 Å². The van der Waals surface area contributed by atoms with Gasteiger partial charge in [0.05, 0.1) is 12.2 Å². The first-order valence-corrected chi connectivity index (χ1v) is 13.8. The van der Waals surface area contributed by atoms with Gasteiger partial charge in [-0.25, -0.2) is 4.79 Å². The second-order valence-electron chi connectivity index (χ2n) is 10.2. The van der Waals surface area contributed by atoms with Crippen molar-refractivity contribution in [2.75, 3.05) is 68.5 Å². The van der Waals surface area contributed by atoms with Crippen molar-refractivity contribution >= 4 is 34.9 Å². The minimum atomic E-state index is -4.49. The van der Waals surface area contributed by atoms with Crippen LogP contribution < -0.4 is 15.5 Å². The molecule has 3 aromatic carbocycles. The number of amides is 4. The summed E-state index contributed by atoms with van der Waals surface area (Å²) >= 11 is 0. The molecule has 1 aliphatic rings. The summed E-state index contributed by atoms with van der Waals surface area (Å²) in [7, 11) is 1.53. The fraction of sp³-hybridized carbons (Fsp3) is 0.323. The largest absolute Gasteiger partial charge is 0.416 e. The van der Waals surface area contributed by atoms with Crippen LogP contribution in [0.4, 0.5) is 35.0 Å². The van der Waals surface area contributed by atoms with Gasteiger partial charge in [-0.2, -0.15) is 13.2 Å². The zero-order valence-electron chi connectivity index (χ0n) is 24.0. The summed E-state index contributed by atoms with van der Waals surface area (Å²) in [4.78, 5) is 43.5. The third-order valence-corrected chi connectivity index (χ3v) is 7.01. The zero-order chi connectivity index (χ0) is 31.0. The Morgan fingerprint density at radius 3 is 2.19 bits per heavy atom. The fourth-order valence-electron chi connectivity index (χ4n) is 4.61. The number of hydrogen-bond donors (Lipinski definition) is 2. The van der Waals surface area contributed by atoms with Crippen LogP contribution in [0.1, 0.15) is 21.5 Å². The summed E-state index contributed by atoms with van der Waals surface area (Å²) in [6.45, 7) is 4.17. The van der Waals surface area contributed by atoms with Gasteiger partial charge in [0, 0.05) is 62.5 Å².